The maximum atomic E-state index is 14.0. The zero-order chi connectivity index (χ0) is 26.2. The fraction of sp³-hybridized carbons (Fsp3) is 0.667. The van der Waals surface area contributed by atoms with Crippen LogP contribution in [-0.4, -0.2) is 71.1 Å². The van der Waals surface area contributed by atoms with Gasteiger partial charge < -0.3 is 24.4 Å². The fourth-order valence-corrected chi connectivity index (χ4v) is 7.20. The van der Waals surface area contributed by atoms with E-state index in [9.17, 15) is 9.59 Å². The molecule has 2 aromatic rings. The number of piperidine rings is 1. The molecule has 0 unspecified atom stereocenters. The van der Waals surface area contributed by atoms with Gasteiger partial charge in [-0.3, -0.25) is 9.59 Å². The molecule has 1 aromatic carbocycles. The van der Waals surface area contributed by atoms with E-state index in [4.69, 9.17) is 4.74 Å². The number of nitrogens with one attached hydrogen (secondary N) is 1. The van der Waals surface area contributed by atoms with Gasteiger partial charge in [-0.2, -0.15) is 0 Å². The summed E-state index contributed by atoms with van der Waals surface area (Å²) in [6.07, 6.45) is 7.58. The van der Waals surface area contributed by atoms with E-state index in [-0.39, 0.29) is 17.9 Å². The average Bonchev–Trinajstić information content (AvgIpc) is 3.24. The Morgan fingerprint density at radius 2 is 1.84 bits per heavy atom. The van der Waals surface area contributed by atoms with Crippen LogP contribution >= 0.6 is 0 Å². The Morgan fingerprint density at radius 1 is 1.11 bits per heavy atom. The van der Waals surface area contributed by atoms with Gasteiger partial charge in [0, 0.05) is 37.1 Å². The molecule has 0 radical (unpaired) electrons. The largest absolute Gasteiger partial charge is 0.497 e. The molecule has 7 nitrogen and oxygen atoms in total. The van der Waals surface area contributed by atoms with E-state index in [0.29, 0.717) is 18.8 Å². The third-order valence-electron chi connectivity index (χ3n) is 8.86. The van der Waals surface area contributed by atoms with Gasteiger partial charge in [-0.1, -0.05) is 33.1 Å². The summed E-state index contributed by atoms with van der Waals surface area (Å²) in [6, 6.07) is 7.98. The number of amides is 2. The van der Waals surface area contributed by atoms with Crippen molar-refractivity contribution >= 4 is 22.7 Å². The van der Waals surface area contributed by atoms with Gasteiger partial charge in [0.25, 0.3) is 5.91 Å². The van der Waals surface area contributed by atoms with Gasteiger partial charge in [0.15, 0.2) is 0 Å². The topological polar surface area (TPSA) is 66.8 Å². The molecule has 202 valence electrons. The van der Waals surface area contributed by atoms with Gasteiger partial charge in [0.1, 0.15) is 17.0 Å². The van der Waals surface area contributed by atoms with Gasteiger partial charge in [0.2, 0.25) is 5.91 Å². The molecule has 1 saturated carbocycles. The number of likely N-dealkylation sites (tertiary alicyclic amines) is 1. The first kappa shape index (κ1) is 26.1. The highest BCUT2D eigenvalue weighted by atomic mass is 16.5. The summed E-state index contributed by atoms with van der Waals surface area (Å²) in [7, 11) is 1.65. The molecule has 0 spiro atoms. The summed E-state index contributed by atoms with van der Waals surface area (Å²) in [5, 5.41) is 4.24. The van der Waals surface area contributed by atoms with Crippen molar-refractivity contribution in [1.29, 1.82) is 0 Å². The van der Waals surface area contributed by atoms with E-state index in [0.717, 1.165) is 80.2 Å². The summed E-state index contributed by atoms with van der Waals surface area (Å²) < 4.78 is 7.50. The molecule has 7 heteroatoms. The summed E-state index contributed by atoms with van der Waals surface area (Å²) in [5.41, 5.74) is 0.681. The van der Waals surface area contributed by atoms with Crippen molar-refractivity contribution in [1.82, 2.24) is 19.7 Å². The second-order valence-electron chi connectivity index (χ2n) is 12.1. The Balaban J connectivity index is 1.36. The molecular weight excluding hydrogens is 464 g/mol. The van der Waals surface area contributed by atoms with E-state index in [1.165, 1.54) is 12.8 Å². The van der Waals surface area contributed by atoms with Gasteiger partial charge in [-0.15, -0.1) is 0 Å². The first-order chi connectivity index (χ1) is 17.8. The van der Waals surface area contributed by atoms with Crippen LogP contribution in [-0.2, 0) is 11.3 Å². The second-order valence-corrected chi connectivity index (χ2v) is 12.1. The number of nitrogens with zero attached hydrogens (tertiary/aromatic N) is 3. The predicted molar refractivity (Wildman–Crippen MR) is 147 cm³/mol. The highest BCUT2D eigenvalue weighted by Gasteiger charge is 2.50. The summed E-state index contributed by atoms with van der Waals surface area (Å²) >= 11 is 0. The Morgan fingerprint density at radius 3 is 2.54 bits per heavy atom. The van der Waals surface area contributed by atoms with Crippen LogP contribution in [0.15, 0.2) is 24.3 Å². The van der Waals surface area contributed by atoms with Crippen LogP contribution in [0.3, 0.4) is 0 Å². The molecule has 3 heterocycles. The van der Waals surface area contributed by atoms with Gasteiger partial charge in [-0.25, -0.2) is 0 Å². The molecular formula is C30H44N4O3. The van der Waals surface area contributed by atoms with Gasteiger partial charge in [-0.05, 0) is 69.2 Å². The van der Waals surface area contributed by atoms with Crippen LogP contribution in [0.5, 0.6) is 5.75 Å². The number of carbonyl (C=O) groups is 2. The van der Waals surface area contributed by atoms with E-state index in [1.807, 2.05) is 40.7 Å². The monoisotopic (exact) mass is 508 g/mol. The molecule has 2 aliphatic heterocycles. The Hall–Kier alpha value is -2.54. The first-order valence-corrected chi connectivity index (χ1v) is 14.3. The molecule has 1 aromatic heterocycles. The van der Waals surface area contributed by atoms with Crippen molar-refractivity contribution < 1.29 is 14.3 Å². The van der Waals surface area contributed by atoms with E-state index < -0.39 is 5.54 Å². The number of carbonyl (C=O) groups excluding carboxylic acids is 2. The zero-order valence-corrected chi connectivity index (χ0v) is 23.1. The van der Waals surface area contributed by atoms with Crippen molar-refractivity contribution in [2.45, 2.75) is 83.8 Å². The fourth-order valence-electron chi connectivity index (χ4n) is 7.20. The third kappa shape index (κ3) is 5.12. The molecule has 2 fully saturated rings. The minimum atomic E-state index is -0.935. The van der Waals surface area contributed by atoms with Gasteiger partial charge in [0.05, 0.1) is 19.2 Å². The SMILES string of the molecule is COc1ccc2cc3n(c2c1)C[C@](C)(C(=O)NCCCN1C[C@H](C)C[C@H](C)C1)N(C1CCCCC1)C3=O. The number of methoxy groups -OCH3 is 1. The molecule has 0 bridgehead atoms. The second kappa shape index (κ2) is 10.7. The van der Waals surface area contributed by atoms with Crippen LogP contribution in [0, 0.1) is 11.8 Å². The van der Waals surface area contributed by atoms with Crippen LogP contribution in [0.4, 0.5) is 0 Å². The molecule has 1 aliphatic carbocycles. The predicted octanol–water partition coefficient (Wildman–Crippen LogP) is 4.68. The number of ether oxygens (including phenoxy) is 1. The standard InChI is InChI=1S/C30H44N4O3/c1-21-15-22(2)19-32(18-21)14-8-13-31-29(36)30(3)20-33-26-17-25(37-4)12-11-23(26)16-27(33)28(35)34(30)24-9-6-5-7-10-24/h11-12,16-17,21-22,24H,5-10,13-15,18-20H2,1-4H3,(H,31,36)/t21-,22+,30-/m1/s1. The number of rotatable bonds is 7. The number of benzene rings is 1. The average molecular weight is 509 g/mol. The minimum Gasteiger partial charge on any atom is -0.497 e. The minimum absolute atomic E-state index is 0.0257. The highest BCUT2D eigenvalue weighted by Crippen LogP contribution is 2.38. The Kier molecular flexibility index (Phi) is 7.53. The van der Waals surface area contributed by atoms with Crippen LogP contribution in [0.2, 0.25) is 0 Å². The molecule has 1 N–H and O–H groups in total. The number of aromatic nitrogens is 1. The number of fused-ring (bicyclic) bond motifs is 3. The maximum absolute atomic E-state index is 14.0. The van der Waals surface area contributed by atoms with Crippen LogP contribution in [0.1, 0.15) is 76.2 Å². The maximum Gasteiger partial charge on any atom is 0.271 e. The van der Waals surface area contributed by atoms with Crippen LogP contribution in [0.25, 0.3) is 10.9 Å². The van der Waals surface area contributed by atoms with Crippen LogP contribution < -0.4 is 10.1 Å². The third-order valence-corrected chi connectivity index (χ3v) is 8.86. The lowest BCUT2D eigenvalue weighted by Crippen LogP contribution is -2.66. The van der Waals surface area contributed by atoms with Crippen molar-refractivity contribution in [3.05, 3.63) is 30.0 Å². The summed E-state index contributed by atoms with van der Waals surface area (Å²) in [5.74, 6) is 2.16. The number of hydrogen-bond donors (Lipinski definition) is 1. The molecule has 1 saturated heterocycles. The van der Waals surface area contributed by atoms with Crippen molar-refractivity contribution in [3.63, 3.8) is 0 Å². The van der Waals surface area contributed by atoms with Crippen molar-refractivity contribution in [2.75, 3.05) is 33.3 Å². The summed E-state index contributed by atoms with van der Waals surface area (Å²) in [6.45, 7) is 11.0. The normalized spacial score (nSPS) is 27.4. The lowest BCUT2D eigenvalue weighted by molar-refractivity contribution is -0.134. The Labute approximate surface area is 221 Å². The molecule has 5 rings (SSSR count). The molecule has 3 aliphatic rings. The van der Waals surface area contributed by atoms with E-state index >= 15 is 0 Å². The van der Waals surface area contributed by atoms with E-state index in [2.05, 4.69) is 24.1 Å². The lowest BCUT2D eigenvalue weighted by Gasteiger charge is -2.49. The van der Waals surface area contributed by atoms with Crippen molar-refractivity contribution in [3.8, 4) is 5.75 Å². The number of hydrogen-bond acceptors (Lipinski definition) is 4. The van der Waals surface area contributed by atoms with Crippen molar-refractivity contribution in [2.24, 2.45) is 11.8 Å². The Bertz CT molecular complexity index is 1130. The quantitative estimate of drug-likeness (QED) is 0.552. The first-order valence-electron chi connectivity index (χ1n) is 14.3. The van der Waals surface area contributed by atoms with Gasteiger partial charge >= 0.3 is 0 Å². The van der Waals surface area contributed by atoms with E-state index in [1.54, 1.807) is 7.11 Å². The zero-order valence-electron chi connectivity index (χ0n) is 23.1. The molecule has 3 atom stereocenters. The lowest BCUT2D eigenvalue weighted by atomic mass is 9.86. The highest BCUT2D eigenvalue weighted by molar-refractivity contribution is 6.04. The molecule has 37 heavy (non-hydrogen) atoms. The smallest absolute Gasteiger partial charge is 0.271 e. The molecule has 2 amide bonds. The summed E-state index contributed by atoms with van der Waals surface area (Å²) in [4.78, 5) is 32.4.